The van der Waals surface area contributed by atoms with Crippen LogP contribution in [-0.2, 0) is 0 Å². The first-order valence-corrected chi connectivity index (χ1v) is 8.35. The van der Waals surface area contributed by atoms with E-state index in [1.165, 1.54) is 18.2 Å². The van der Waals surface area contributed by atoms with Crippen LogP contribution in [0.5, 0.6) is 5.75 Å². The fraction of sp³-hybridized carbons (Fsp3) is 0.200. The van der Waals surface area contributed by atoms with Gasteiger partial charge >= 0.3 is 11.9 Å². The molecule has 2 aromatic rings. The zero-order chi connectivity index (χ0) is 20.6. The van der Waals surface area contributed by atoms with E-state index in [0.717, 1.165) is 18.2 Å². The van der Waals surface area contributed by atoms with Crippen molar-refractivity contribution >= 4 is 29.3 Å². The quantitative estimate of drug-likeness (QED) is 0.739. The number of nitrogens with one attached hydrogen (secondary N) is 1. The van der Waals surface area contributed by atoms with Crippen LogP contribution >= 0.6 is 0 Å². The van der Waals surface area contributed by atoms with Gasteiger partial charge < -0.3 is 20.3 Å². The molecule has 28 heavy (non-hydrogen) atoms. The van der Waals surface area contributed by atoms with Gasteiger partial charge in [-0.1, -0.05) is 0 Å². The molecule has 8 nitrogen and oxygen atoms in total. The molecule has 0 fully saturated rings. The van der Waals surface area contributed by atoms with Gasteiger partial charge in [0, 0.05) is 11.3 Å². The largest absolute Gasteiger partial charge is 0.487 e. The van der Waals surface area contributed by atoms with Crippen LogP contribution in [0.4, 0.5) is 5.69 Å². The molecule has 8 heteroatoms. The number of hydrogen-bond donors (Lipinski definition) is 3. The molecule has 1 aliphatic rings. The number of hydrogen-bond acceptors (Lipinski definition) is 5. The Morgan fingerprint density at radius 3 is 2.14 bits per heavy atom. The van der Waals surface area contributed by atoms with Crippen LogP contribution in [0, 0.1) is 0 Å². The molecule has 1 aliphatic heterocycles. The first-order valence-electron chi connectivity index (χ1n) is 8.35. The normalized spacial score (nSPS) is 14.6. The van der Waals surface area contributed by atoms with Gasteiger partial charge in [0.25, 0.3) is 5.91 Å². The Morgan fingerprint density at radius 2 is 1.57 bits per heavy atom. The molecule has 0 aliphatic carbocycles. The van der Waals surface area contributed by atoms with Gasteiger partial charge in [-0.15, -0.1) is 0 Å². The number of benzene rings is 2. The van der Waals surface area contributed by atoms with Crippen LogP contribution in [0.15, 0.2) is 36.4 Å². The van der Waals surface area contributed by atoms with Crippen molar-refractivity contribution in [2.45, 2.75) is 25.9 Å². The number of carboxylic acid groups (broad SMARTS) is 2. The Kier molecular flexibility index (Phi) is 4.64. The molecule has 0 unspecified atom stereocenters. The Balaban J connectivity index is 1.90. The molecule has 3 rings (SSSR count). The lowest BCUT2D eigenvalue weighted by molar-refractivity contribution is 0.0616. The second kappa shape index (κ2) is 6.80. The molecule has 0 bridgehead atoms. The van der Waals surface area contributed by atoms with Crippen molar-refractivity contribution in [1.82, 2.24) is 0 Å². The summed E-state index contributed by atoms with van der Waals surface area (Å²) in [6.07, 6.45) is 0.174. The van der Waals surface area contributed by atoms with E-state index in [-0.39, 0.29) is 40.1 Å². The number of amides is 1. The van der Waals surface area contributed by atoms with E-state index >= 15 is 0 Å². The number of ketones is 1. The lowest BCUT2D eigenvalue weighted by Gasteiger charge is -2.31. The van der Waals surface area contributed by atoms with Gasteiger partial charge in [0.15, 0.2) is 5.78 Å². The van der Waals surface area contributed by atoms with Crippen molar-refractivity contribution < 1.29 is 34.1 Å². The van der Waals surface area contributed by atoms with Gasteiger partial charge in [0.05, 0.1) is 23.1 Å². The second-order valence-corrected chi connectivity index (χ2v) is 7.04. The average molecular weight is 383 g/mol. The van der Waals surface area contributed by atoms with Crippen molar-refractivity contribution in [2.75, 3.05) is 5.32 Å². The third-order valence-corrected chi connectivity index (χ3v) is 4.20. The predicted molar refractivity (Wildman–Crippen MR) is 98.4 cm³/mol. The highest BCUT2D eigenvalue weighted by molar-refractivity contribution is 6.08. The minimum atomic E-state index is -1.32. The predicted octanol–water partition coefficient (Wildman–Crippen LogP) is 3.08. The lowest BCUT2D eigenvalue weighted by atomic mass is 9.92. The molecule has 0 spiro atoms. The molecule has 0 atom stereocenters. The number of carboxylic acids is 2. The molecular weight excluding hydrogens is 366 g/mol. The van der Waals surface area contributed by atoms with Gasteiger partial charge in [-0.25, -0.2) is 9.59 Å². The van der Waals surface area contributed by atoms with Crippen molar-refractivity contribution in [1.29, 1.82) is 0 Å². The first kappa shape index (κ1) is 19.1. The molecule has 0 aromatic heterocycles. The Labute approximate surface area is 159 Å². The number of aromatic carboxylic acids is 2. The van der Waals surface area contributed by atoms with Crippen molar-refractivity contribution in [3.05, 3.63) is 58.7 Å². The van der Waals surface area contributed by atoms with Gasteiger partial charge in [-0.05, 0) is 50.2 Å². The van der Waals surface area contributed by atoms with Crippen LogP contribution in [0.3, 0.4) is 0 Å². The zero-order valence-electron chi connectivity index (χ0n) is 15.1. The first-order chi connectivity index (χ1) is 13.1. The molecule has 1 heterocycles. The second-order valence-electron chi connectivity index (χ2n) is 7.04. The SMILES string of the molecule is CC1(C)CC(=O)c2cc(C(=O)Nc3cc(C(=O)O)cc(C(=O)O)c3)ccc2O1. The van der Waals surface area contributed by atoms with Crippen LogP contribution in [0.25, 0.3) is 0 Å². The summed E-state index contributed by atoms with van der Waals surface area (Å²) >= 11 is 0. The average Bonchev–Trinajstić information content (AvgIpc) is 2.60. The Morgan fingerprint density at radius 1 is 0.964 bits per heavy atom. The number of fused-ring (bicyclic) bond motifs is 1. The summed E-state index contributed by atoms with van der Waals surface area (Å²) in [7, 11) is 0. The van der Waals surface area contributed by atoms with Crippen molar-refractivity contribution in [3.8, 4) is 5.75 Å². The number of anilines is 1. The Hall–Kier alpha value is -3.68. The van der Waals surface area contributed by atoms with Crippen LogP contribution in [-0.4, -0.2) is 39.4 Å². The Bertz CT molecular complexity index is 991. The molecule has 3 N–H and O–H groups in total. The highest BCUT2D eigenvalue weighted by Crippen LogP contribution is 2.33. The summed E-state index contributed by atoms with van der Waals surface area (Å²) in [4.78, 5) is 47.2. The summed E-state index contributed by atoms with van der Waals surface area (Å²) in [6.45, 7) is 3.59. The minimum Gasteiger partial charge on any atom is -0.487 e. The maximum atomic E-state index is 12.5. The number of carbonyl (C=O) groups excluding carboxylic acids is 2. The van der Waals surface area contributed by atoms with E-state index in [1.807, 2.05) is 0 Å². The number of ether oxygens (including phenoxy) is 1. The van der Waals surface area contributed by atoms with Gasteiger partial charge in [-0.3, -0.25) is 9.59 Å². The van der Waals surface area contributed by atoms with Crippen molar-refractivity contribution in [2.24, 2.45) is 0 Å². The highest BCUT2D eigenvalue weighted by Gasteiger charge is 2.32. The van der Waals surface area contributed by atoms with Gasteiger partial charge in [0.2, 0.25) is 0 Å². The highest BCUT2D eigenvalue weighted by atomic mass is 16.5. The number of Topliss-reactive ketones (excluding diaryl/α,β-unsaturated/α-hetero) is 1. The fourth-order valence-corrected chi connectivity index (χ4v) is 2.94. The van der Waals surface area contributed by atoms with Crippen LogP contribution in [0.2, 0.25) is 0 Å². The number of rotatable bonds is 4. The van der Waals surface area contributed by atoms with Gasteiger partial charge in [-0.2, -0.15) is 0 Å². The van der Waals surface area contributed by atoms with Crippen molar-refractivity contribution in [3.63, 3.8) is 0 Å². The summed E-state index contributed by atoms with van der Waals surface area (Å²) in [5.74, 6) is -3.02. The standard InChI is InChI=1S/C20H17NO7/c1-20(2)9-15(22)14-8-10(3-4-16(14)28-20)17(23)21-13-6-11(18(24)25)5-12(7-13)19(26)27/h3-8H,9H2,1-2H3,(H,21,23)(H,24,25)(H,26,27). The molecule has 1 amide bonds. The minimum absolute atomic E-state index is 0.0173. The van der Waals surface area contributed by atoms with E-state index in [1.54, 1.807) is 13.8 Å². The number of carbonyl (C=O) groups is 4. The zero-order valence-corrected chi connectivity index (χ0v) is 15.1. The summed E-state index contributed by atoms with van der Waals surface area (Å²) in [6, 6.07) is 7.71. The smallest absolute Gasteiger partial charge is 0.335 e. The maximum absolute atomic E-state index is 12.5. The van der Waals surface area contributed by atoms with E-state index in [0.29, 0.717) is 5.75 Å². The third-order valence-electron chi connectivity index (χ3n) is 4.20. The fourth-order valence-electron chi connectivity index (χ4n) is 2.94. The molecule has 2 aromatic carbocycles. The molecule has 0 saturated carbocycles. The monoisotopic (exact) mass is 383 g/mol. The summed E-state index contributed by atoms with van der Waals surface area (Å²) < 4.78 is 5.74. The third kappa shape index (κ3) is 3.85. The van der Waals surface area contributed by atoms with E-state index in [4.69, 9.17) is 14.9 Å². The molecule has 0 radical (unpaired) electrons. The topological polar surface area (TPSA) is 130 Å². The van der Waals surface area contributed by atoms with Crippen LogP contribution < -0.4 is 10.1 Å². The molecule has 0 saturated heterocycles. The van der Waals surface area contributed by atoms with E-state index < -0.39 is 23.4 Å². The molecular formula is C20H17NO7. The summed E-state index contributed by atoms with van der Waals surface area (Å²) in [5, 5.41) is 20.7. The van der Waals surface area contributed by atoms with Crippen LogP contribution in [0.1, 0.15) is 61.7 Å². The van der Waals surface area contributed by atoms with E-state index in [9.17, 15) is 19.2 Å². The maximum Gasteiger partial charge on any atom is 0.335 e. The van der Waals surface area contributed by atoms with E-state index in [2.05, 4.69) is 5.32 Å². The lowest BCUT2D eigenvalue weighted by Crippen LogP contribution is -2.36. The van der Waals surface area contributed by atoms with Gasteiger partial charge in [0.1, 0.15) is 11.4 Å². The summed E-state index contributed by atoms with van der Waals surface area (Å²) in [5.41, 5.74) is -0.703. The molecule has 144 valence electrons.